The zero-order chi connectivity index (χ0) is 24.8. The van der Waals surface area contributed by atoms with Crippen molar-refractivity contribution >= 4 is 11.4 Å². The van der Waals surface area contributed by atoms with Gasteiger partial charge in [0.25, 0.3) is 0 Å². The van der Waals surface area contributed by atoms with Crippen molar-refractivity contribution in [2.45, 2.75) is 53.0 Å². The Balaban J connectivity index is 1.66. The number of hydrazine groups is 1. The summed E-state index contributed by atoms with van der Waals surface area (Å²) in [6.07, 6.45) is 14.6. The average Bonchev–Trinajstić information content (AvgIpc) is 3.36. The van der Waals surface area contributed by atoms with Crippen LogP contribution in [0.25, 0.3) is 0 Å². The number of rotatable bonds is 9. The van der Waals surface area contributed by atoms with E-state index < -0.39 is 0 Å². The molecule has 0 aromatic heterocycles. The van der Waals surface area contributed by atoms with E-state index in [9.17, 15) is 0 Å². The SMILES string of the molecule is CCC1=CCC(C=C(N)C2=CC(c3ccc(N(CC)CC)cc3)N(c3ccccc3)N2)(CC)C=C1. The van der Waals surface area contributed by atoms with Crippen LogP contribution in [-0.2, 0) is 0 Å². The van der Waals surface area contributed by atoms with Gasteiger partial charge in [-0.25, -0.2) is 0 Å². The molecule has 1 heterocycles. The molecule has 0 radical (unpaired) electrons. The van der Waals surface area contributed by atoms with Crippen molar-refractivity contribution in [3.8, 4) is 0 Å². The molecule has 4 heteroatoms. The Morgan fingerprint density at radius 1 is 1.06 bits per heavy atom. The van der Waals surface area contributed by atoms with Crippen molar-refractivity contribution in [3.63, 3.8) is 0 Å². The van der Waals surface area contributed by atoms with Gasteiger partial charge in [-0.05, 0) is 75.1 Å². The Bertz CT molecular complexity index is 1110. The van der Waals surface area contributed by atoms with Gasteiger partial charge >= 0.3 is 0 Å². The van der Waals surface area contributed by atoms with E-state index in [0.717, 1.165) is 49.4 Å². The molecule has 1 aliphatic heterocycles. The number of benzene rings is 2. The third-order valence-corrected chi connectivity index (χ3v) is 7.44. The fourth-order valence-electron chi connectivity index (χ4n) is 5.01. The number of para-hydroxylation sites is 1. The number of nitrogens with zero attached hydrogens (tertiary/aromatic N) is 2. The van der Waals surface area contributed by atoms with Crippen LogP contribution in [0.15, 0.2) is 102 Å². The van der Waals surface area contributed by atoms with E-state index in [-0.39, 0.29) is 11.5 Å². The van der Waals surface area contributed by atoms with Crippen LogP contribution in [0.5, 0.6) is 0 Å². The van der Waals surface area contributed by atoms with Crippen molar-refractivity contribution in [3.05, 3.63) is 108 Å². The molecule has 0 spiro atoms. The molecular formula is C31H40N4. The highest BCUT2D eigenvalue weighted by Crippen LogP contribution is 2.38. The minimum Gasteiger partial charge on any atom is -0.397 e. The molecule has 2 aromatic carbocycles. The average molecular weight is 469 g/mol. The van der Waals surface area contributed by atoms with Gasteiger partial charge < -0.3 is 10.6 Å². The summed E-state index contributed by atoms with van der Waals surface area (Å²) >= 11 is 0. The van der Waals surface area contributed by atoms with Crippen LogP contribution in [0.4, 0.5) is 11.4 Å². The van der Waals surface area contributed by atoms with Crippen molar-refractivity contribution < 1.29 is 0 Å². The molecule has 2 aromatic rings. The van der Waals surface area contributed by atoms with Gasteiger partial charge in [0.2, 0.25) is 0 Å². The highest BCUT2D eigenvalue weighted by molar-refractivity contribution is 5.56. The number of anilines is 2. The second-order valence-electron chi connectivity index (χ2n) is 9.46. The Morgan fingerprint density at radius 3 is 2.34 bits per heavy atom. The first kappa shape index (κ1) is 24.7. The summed E-state index contributed by atoms with van der Waals surface area (Å²) in [6, 6.07) is 19.5. The molecule has 3 N–H and O–H groups in total. The molecule has 2 unspecified atom stereocenters. The Kier molecular flexibility index (Phi) is 7.70. The van der Waals surface area contributed by atoms with Gasteiger partial charge in [0.15, 0.2) is 0 Å². The van der Waals surface area contributed by atoms with Gasteiger partial charge in [0.05, 0.1) is 23.1 Å². The highest BCUT2D eigenvalue weighted by Gasteiger charge is 2.30. The third kappa shape index (κ3) is 5.32. The molecular weight excluding hydrogens is 428 g/mol. The molecule has 0 bridgehead atoms. The standard InChI is InChI=1S/C31H40N4/c1-5-24-18-20-31(6-2,21-19-24)23-28(32)29-22-30(35(33-29)27-12-10-9-11-13-27)25-14-16-26(17-15-25)34(7-3)8-4/h9-20,22-23,30,33H,5-8,21,32H2,1-4H3. The quantitative estimate of drug-likeness (QED) is 0.415. The van der Waals surface area contributed by atoms with Crippen molar-refractivity contribution in [2.24, 2.45) is 11.1 Å². The summed E-state index contributed by atoms with van der Waals surface area (Å²) in [5.41, 5.74) is 17.1. The molecule has 2 atom stereocenters. The maximum atomic E-state index is 6.76. The van der Waals surface area contributed by atoms with Crippen LogP contribution >= 0.6 is 0 Å². The lowest BCUT2D eigenvalue weighted by molar-refractivity contribution is 0.470. The van der Waals surface area contributed by atoms with Crippen molar-refractivity contribution in [1.29, 1.82) is 0 Å². The normalized spacial score (nSPS) is 22.0. The fraction of sp³-hybridized carbons (Fsp3) is 0.355. The topological polar surface area (TPSA) is 44.5 Å². The zero-order valence-corrected chi connectivity index (χ0v) is 21.7. The van der Waals surface area contributed by atoms with Crippen LogP contribution < -0.4 is 21.1 Å². The third-order valence-electron chi connectivity index (χ3n) is 7.44. The second-order valence-corrected chi connectivity index (χ2v) is 9.46. The van der Waals surface area contributed by atoms with Gasteiger partial charge in [-0.1, -0.05) is 68.0 Å². The molecule has 35 heavy (non-hydrogen) atoms. The lowest BCUT2D eigenvalue weighted by Gasteiger charge is -2.30. The number of hydrogen-bond acceptors (Lipinski definition) is 4. The van der Waals surface area contributed by atoms with Crippen molar-refractivity contribution in [2.75, 3.05) is 23.0 Å². The lowest BCUT2D eigenvalue weighted by atomic mass is 9.76. The number of nitrogens with two attached hydrogens (primary N) is 1. The summed E-state index contributed by atoms with van der Waals surface area (Å²) in [7, 11) is 0. The Morgan fingerprint density at radius 2 is 1.77 bits per heavy atom. The molecule has 4 nitrogen and oxygen atoms in total. The fourth-order valence-corrected chi connectivity index (χ4v) is 5.01. The minimum absolute atomic E-state index is 0.0354. The molecule has 0 fully saturated rings. The van der Waals surface area contributed by atoms with Crippen LogP contribution in [0.2, 0.25) is 0 Å². The number of hydrogen-bond donors (Lipinski definition) is 2. The van der Waals surface area contributed by atoms with Gasteiger partial charge in [0.1, 0.15) is 0 Å². The molecule has 0 saturated heterocycles. The summed E-state index contributed by atoms with van der Waals surface area (Å²) in [5.74, 6) is 0. The first-order chi connectivity index (χ1) is 17.0. The van der Waals surface area contributed by atoms with Gasteiger partial charge in [-0.3, -0.25) is 10.4 Å². The maximum absolute atomic E-state index is 6.76. The second kappa shape index (κ2) is 10.9. The van der Waals surface area contributed by atoms with E-state index in [2.05, 4.69) is 128 Å². The largest absolute Gasteiger partial charge is 0.397 e. The zero-order valence-electron chi connectivity index (χ0n) is 21.7. The predicted octanol–water partition coefficient (Wildman–Crippen LogP) is 7.02. The molecule has 4 rings (SSSR count). The molecule has 184 valence electrons. The first-order valence-electron chi connectivity index (χ1n) is 13.1. The van der Waals surface area contributed by atoms with Gasteiger partial charge in [0, 0.05) is 24.2 Å². The summed E-state index contributed by atoms with van der Waals surface area (Å²) in [6.45, 7) is 10.9. The van der Waals surface area contributed by atoms with Crippen LogP contribution in [-0.4, -0.2) is 13.1 Å². The Labute approximate surface area is 211 Å². The molecule has 1 aliphatic carbocycles. The molecule has 0 amide bonds. The summed E-state index contributed by atoms with van der Waals surface area (Å²) < 4.78 is 0. The van der Waals surface area contributed by atoms with E-state index in [4.69, 9.17) is 5.73 Å². The van der Waals surface area contributed by atoms with E-state index in [1.807, 2.05) is 0 Å². The Hall–Kier alpha value is -3.40. The predicted molar refractivity (Wildman–Crippen MR) is 150 cm³/mol. The lowest BCUT2D eigenvalue weighted by Crippen LogP contribution is -2.35. The van der Waals surface area contributed by atoms with E-state index >= 15 is 0 Å². The molecule has 2 aliphatic rings. The monoisotopic (exact) mass is 468 g/mol. The first-order valence-corrected chi connectivity index (χ1v) is 13.1. The minimum atomic E-state index is -0.0354. The molecule has 0 saturated carbocycles. The smallest absolute Gasteiger partial charge is 0.0958 e. The van der Waals surface area contributed by atoms with Crippen LogP contribution in [0.1, 0.15) is 58.6 Å². The van der Waals surface area contributed by atoms with Gasteiger partial charge in [-0.2, -0.15) is 0 Å². The van der Waals surface area contributed by atoms with Crippen LogP contribution in [0, 0.1) is 5.41 Å². The summed E-state index contributed by atoms with van der Waals surface area (Å²) in [5, 5.41) is 2.22. The number of allylic oxidation sites excluding steroid dienone is 5. The number of nitrogens with one attached hydrogen (secondary N) is 1. The van der Waals surface area contributed by atoms with E-state index in [1.165, 1.54) is 16.8 Å². The van der Waals surface area contributed by atoms with Crippen molar-refractivity contribution in [1.82, 2.24) is 5.43 Å². The van der Waals surface area contributed by atoms with E-state index in [0.29, 0.717) is 0 Å². The highest BCUT2D eigenvalue weighted by atomic mass is 15.5. The van der Waals surface area contributed by atoms with Gasteiger partial charge in [-0.15, -0.1) is 0 Å². The van der Waals surface area contributed by atoms with Crippen LogP contribution in [0.3, 0.4) is 0 Å². The summed E-state index contributed by atoms with van der Waals surface area (Å²) in [4.78, 5) is 2.37. The van der Waals surface area contributed by atoms with E-state index in [1.54, 1.807) is 0 Å². The maximum Gasteiger partial charge on any atom is 0.0958 e.